The third-order valence-electron chi connectivity index (χ3n) is 5.70. The van der Waals surface area contributed by atoms with Crippen LogP contribution in [0.15, 0.2) is 95.1 Å². The van der Waals surface area contributed by atoms with Crippen molar-refractivity contribution in [1.82, 2.24) is 5.32 Å². The number of anilines is 1. The van der Waals surface area contributed by atoms with E-state index in [-0.39, 0.29) is 23.7 Å². The van der Waals surface area contributed by atoms with Crippen LogP contribution in [0.25, 0.3) is 0 Å². The van der Waals surface area contributed by atoms with E-state index in [1.165, 1.54) is 12.1 Å². The van der Waals surface area contributed by atoms with E-state index >= 15 is 0 Å². The van der Waals surface area contributed by atoms with E-state index in [9.17, 15) is 9.18 Å². The number of amidine groups is 1. The lowest BCUT2D eigenvalue weighted by Crippen LogP contribution is -2.47. The minimum atomic E-state index is -0.349. The van der Waals surface area contributed by atoms with Crippen molar-refractivity contribution in [2.75, 3.05) is 11.9 Å². The molecule has 1 aliphatic rings. The monoisotopic (exact) mass is 442 g/mol. The van der Waals surface area contributed by atoms with E-state index in [1.807, 2.05) is 62.4 Å². The molecule has 4 N–H and O–H groups in total. The third-order valence-corrected chi connectivity index (χ3v) is 5.70. The second-order valence-corrected chi connectivity index (χ2v) is 8.26. The maximum Gasteiger partial charge on any atom is 0.251 e. The average Bonchev–Trinajstić information content (AvgIpc) is 2.81. The molecule has 0 aliphatic carbocycles. The summed E-state index contributed by atoms with van der Waals surface area (Å²) in [5.74, 6) is -0.148. The predicted octanol–water partition coefficient (Wildman–Crippen LogP) is 4.77. The summed E-state index contributed by atoms with van der Waals surface area (Å²) in [5.41, 5.74) is 11.1. The SMILES string of the molecule is CC(N)=C1C(Nc2ccccc2)=NCC(NC(=O)c2cccc(C)c2)C1c1ccc(F)cc1. The predicted molar refractivity (Wildman–Crippen MR) is 131 cm³/mol. The number of nitrogens with zero attached hydrogens (tertiary/aromatic N) is 1. The normalized spacial score (nSPS) is 19.4. The van der Waals surface area contributed by atoms with E-state index in [2.05, 4.69) is 10.6 Å². The van der Waals surface area contributed by atoms with Gasteiger partial charge in [-0.1, -0.05) is 48.0 Å². The van der Waals surface area contributed by atoms with E-state index in [0.29, 0.717) is 23.6 Å². The molecule has 2 unspecified atom stereocenters. The zero-order valence-electron chi connectivity index (χ0n) is 18.7. The Labute approximate surface area is 193 Å². The van der Waals surface area contributed by atoms with Crippen molar-refractivity contribution in [3.05, 3.63) is 113 Å². The molecule has 0 bridgehead atoms. The van der Waals surface area contributed by atoms with E-state index < -0.39 is 0 Å². The number of hydrogen-bond donors (Lipinski definition) is 3. The Bertz CT molecular complexity index is 1200. The van der Waals surface area contributed by atoms with Gasteiger partial charge in [-0.25, -0.2) is 4.39 Å². The van der Waals surface area contributed by atoms with Gasteiger partial charge in [-0.3, -0.25) is 9.79 Å². The van der Waals surface area contributed by atoms with Crippen LogP contribution in [0.3, 0.4) is 0 Å². The molecule has 5 nitrogen and oxygen atoms in total. The van der Waals surface area contributed by atoms with Crippen molar-refractivity contribution in [1.29, 1.82) is 0 Å². The molecule has 4 rings (SSSR count). The number of aliphatic imine (C=N–C) groups is 1. The number of hydrogen-bond acceptors (Lipinski definition) is 4. The molecule has 33 heavy (non-hydrogen) atoms. The average molecular weight is 443 g/mol. The number of amides is 1. The fraction of sp³-hybridized carbons (Fsp3) is 0.185. The number of rotatable bonds is 4. The van der Waals surface area contributed by atoms with Crippen LogP contribution in [0.4, 0.5) is 10.1 Å². The summed E-state index contributed by atoms with van der Waals surface area (Å²) in [5, 5.41) is 6.50. The summed E-state index contributed by atoms with van der Waals surface area (Å²) in [4.78, 5) is 17.8. The summed E-state index contributed by atoms with van der Waals surface area (Å²) in [7, 11) is 0. The second-order valence-electron chi connectivity index (χ2n) is 8.26. The van der Waals surface area contributed by atoms with Crippen LogP contribution in [0.5, 0.6) is 0 Å². The zero-order valence-corrected chi connectivity index (χ0v) is 18.7. The van der Waals surface area contributed by atoms with Gasteiger partial charge in [0.25, 0.3) is 5.91 Å². The van der Waals surface area contributed by atoms with Gasteiger partial charge in [-0.2, -0.15) is 0 Å². The van der Waals surface area contributed by atoms with Gasteiger partial charge in [0.15, 0.2) is 0 Å². The van der Waals surface area contributed by atoms with Gasteiger partial charge in [0.2, 0.25) is 0 Å². The van der Waals surface area contributed by atoms with Crippen LogP contribution in [0, 0.1) is 12.7 Å². The van der Waals surface area contributed by atoms with Gasteiger partial charge in [0.05, 0.1) is 12.6 Å². The Morgan fingerprint density at radius 1 is 1.03 bits per heavy atom. The van der Waals surface area contributed by atoms with Crippen LogP contribution < -0.4 is 16.4 Å². The molecule has 0 saturated heterocycles. The first-order chi connectivity index (χ1) is 15.9. The number of halogens is 1. The highest BCUT2D eigenvalue weighted by atomic mass is 19.1. The number of carbonyl (C=O) groups excluding carboxylic acids is 1. The Hall–Kier alpha value is -3.93. The molecule has 3 aromatic carbocycles. The molecule has 2 atom stereocenters. The molecule has 1 amide bonds. The maximum absolute atomic E-state index is 13.7. The molecule has 168 valence electrons. The van der Waals surface area contributed by atoms with Crippen molar-refractivity contribution in [3.63, 3.8) is 0 Å². The smallest absolute Gasteiger partial charge is 0.251 e. The highest BCUT2D eigenvalue weighted by molar-refractivity contribution is 6.10. The molecule has 0 fully saturated rings. The van der Waals surface area contributed by atoms with Gasteiger partial charge in [-0.15, -0.1) is 0 Å². The lowest BCUT2D eigenvalue weighted by atomic mass is 9.81. The van der Waals surface area contributed by atoms with Gasteiger partial charge in [0.1, 0.15) is 11.7 Å². The molecule has 1 heterocycles. The zero-order chi connectivity index (χ0) is 23.4. The van der Waals surface area contributed by atoms with Gasteiger partial charge >= 0.3 is 0 Å². The molecule has 0 saturated carbocycles. The highest BCUT2D eigenvalue weighted by Crippen LogP contribution is 2.34. The van der Waals surface area contributed by atoms with Crippen molar-refractivity contribution in [2.45, 2.75) is 25.8 Å². The lowest BCUT2D eigenvalue weighted by molar-refractivity contribution is 0.0934. The standard InChI is InChI=1S/C27H27FN4O/c1-17-7-6-8-20(15-17)27(33)32-23-16-30-26(31-22-9-4-3-5-10-22)24(18(2)29)25(23)19-11-13-21(28)14-12-19/h3-15,23,25H,16,29H2,1-2H3,(H,30,31)(H,32,33). The first-order valence-electron chi connectivity index (χ1n) is 10.9. The number of nitrogens with one attached hydrogen (secondary N) is 2. The molecule has 3 aromatic rings. The number of nitrogens with two attached hydrogens (primary N) is 1. The summed E-state index contributed by atoms with van der Waals surface area (Å²) < 4.78 is 13.7. The summed E-state index contributed by atoms with van der Waals surface area (Å²) in [6.45, 7) is 4.12. The second kappa shape index (κ2) is 9.69. The van der Waals surface area contributed by atoms with Crippen molar-refractivity contribution in [3.8, 4) is 0 Å². The van der Waals surface area contributed by atoms with Crippen molar-refractivity contribution < 1.29 is 9.18 Å². The van der Waals surface area contributed by atoms with Crippen LogP contribution in [0.2, 0.25) is 0 Å². The number of benzene rings is 3. The van der Waals surface area contributed by atoms with Crippen molar-refractivity contribution >= 4 is 17.4 Å². The summed E-state index contributed by atoms with van der Waals surface area (Å²) >= 11 is 0. The minimum absolute atomic E-state index is 0.181. The largest absolute Gasteiger partial charge is 0.402 e. The van der Waals surface area contributed by atoms with Gasteiger partial charge in [0, 0.05) is 28.4 Å². The number of carbonyl (C=O) groups is 1. The molecule has 0 spiro atoms. The first-order valence-corrected chi connectivity index (χ1v) is 10.9. The number of allylic oxidation sites excluding steroid dienone is 1. The molecule has 6 heteroatoms. The summed E-state index contributed by atoms with van der Waals surface area (Å²) in [6, 6.07) is 23.1. The lowest BCUT2D eigenvalue weighted by Gasteiger charge is -2.35. The maximum atomic E-state index is 13.7. The van der Waals surface area contributed by atoms with E-state index in [1.54, 1.807) is 18.2 Å². The molecular formula is C27H27FN4O. The Balaban J connectivity index is 1.72. The van der Waals surface area contributed by atoms with E-state index in [0.717, 1.165) is 22.4 Å². The fourth-order valence-electron chi connectivity index (χ4n) is 4.16. The molecular weight excluding hydrogens is 415 g/mol. The number of aryl methyl sites for hydroxylation is 1. The topological polar surface area (TPSA) is 79.5 Å². The minimum Gasteiger partial charge on any atom is -0.402 e. The van der Waals surface area contributed by atoms with Crippen LogP contribution >= 0.6 is 0 Å². The fourth-order valence-corrected chi connectivity index (χ4v) is 4.16. The summed E-state index contributed by atoms with van der Waals surface area (Å²) in [6.07, 6.45) is 0. The quantitative estimate of drug-likeness (QED) is 0.544. The van der Waals surface area contributed by atoms with Crippen molar-refractivity contribution in [2.24, 2.45) is 10.7 Å². The highest BCUT2D eigenvalue weighted by Gasteiger charge is 2.35. The first kappa shape index (κ1) is 22.3. The third kappa shape index (κ3) is 5.12. The molecule has 1 aliphatic heterocycles. The van der Waals surface area contributed by atoms with Gasteiger partial charge < -0.3 is 16.4 Å². The Kier molecular flexibility index (Phi) is 6.54. The molecule has 0 radical (unpaired) electrons. The van der Waals surface area contributed by atoms with E-state index in [4.69, 9.17) is 10.7 Å². The van der Waals surface area contributed by atoms with Crippen LogP contribution in [-0.2, 0) is 0 Å². The Morgan fingerprint density at radius 2 is 1.76 bits per heavy atom. The Morgan fingerprint density at radius 3 is 2.42 bits per heavy atom. The van der Waals surface area contributed by atoms with Gasteiger partial charge in [-0.05, 0) is 55.8 Å². The number of para-hydroxylation sites is 1. The van der Waals surface area contributed by atoms with Crippen LogP contribution in [-0.4, -0.2) is 24.3 Å². The van der Waals surface area contributed by atoms with Crippen LogP contribution in [0.1, 0.15) is 34.3 Å². The molecule has 0 aromatic heterocycles.